The summed E-state index contributed by atoms with van der Waals surface area (Å²) >= 11 is 3.33. The Morgan fingerprint density at radius 3 is 2.76 bits per heavy atom. The van der Waals surface area contributed by atoms with E-state index >= 15 is 0 Å². The molecule has 92 valence electrons. The Bertz CT molecular complexity index is 545. The molecule has 17 heavy (non-hydrogen) atoms. The van der Waals surface area contributed by atoms with Gasteiger partial charge in [0.2, 0.25) is 5.88 Å². The molecule has 0 aliphatic rings. The van der Waals surface area contributed by atoms with Gasteiger partial charge in [-0.1, -0.05) is 0 Å². The van der Waals surface area contributed by atoms with E-state index in [1.807, 2.05) is 14.0 Å². The van der Waals surface area contributed by atoms with Crippen molar-refractivity contribution in [1.29, 1.82) is 0 Å². The summed E-state index contributed by atoms with van der Waals surface area (Å²) in [7, 11) is 3.47. The molecule has 0 amide bonds. The van der Waals surface area contributed by atoms with E-state index in [1.54, 1.807) is 22.7 Å². The molecule has 2 aromatic heterocycles. The number of hydrogen-bond acceptors (Lipinski definition) is 4. The van der Waals surface area contributed by atoms with Crippen LogP contribution in [0.1, 0.15) is 11.3 Å². The number of methoxy groups -OCH3 is 1. The predicted octanol–water partition coefficient (Wildman–Crippen LogP) is 1.33. The van der Waals surface area contributed by atoms with Gasteiger partial charge in [-0.3, -0.25) is 0 Å². The molecule has 2 rings (SSSR count). The van der Waals surface area contributed by atoms with Crippen LogP contribution >= 0.6 is 15.9 Å². The van der Waals surface area contributed by atoms with Gasteiger partial charge in [-0.2, -0.15) is 10.2 Å². The van der Waals surface area contributed by atoms with Crippen LogP contribution < -0.4 is 10.5 Å². The third kappa shape index (κ3) is 2.02. The van der Waals surface area contributed by atoms with Crippen molar-refractivity contribution in [3.63, 3.8) is 0 Å². The molecule has 0 aliphatic heterocycles. The monoisotopic (exact) mass is 299 g/mol. The SMILES string of the molecule is COc1c(Cn2ncc(Br)c2N)c(C)nn1C. The molecular weight excluding hydrogens is 286 g/mol. The summed E-state index contributed by atoms with van der Waals surface area (Å²) in [5, 5.41) is 8.50. The normalized spacial score (nSPS) is 10.8. The first-order valence-electron chi connectivity index (χ1n) is 5.07. The van der Waals surface area contributed by atoms with Crippen LogP contribution in [0.4, 0.5) is 5.82 Å². The van der Waals surface area contributed by atoms with Crippen molar-refractivity contribution >= 4 is 21.7 Å². The highest BCUT2D eigenvalue weighted by molar-refractivity contribution is 9.10. The number of rotatable bonds is 3. The number of halogens is 1. The minimum Gasteiger partial charge on any atom is -0.481 e. The van der Waals surface area contributed by atoms with Gasteiger partial charge in [0, 0.05) is 7.05 Å². The van der Waals surface area contributed by atoms with Crippen molar-refractivity contribution in [2.45, 2.75) is 13.5 Å². The van der Waals surface area contributed by atoms with Crippen LogP contribution in [0.25, 0.3) is 0 Å². The van der Waals surface area contributed by atoms with Crippen LogP contribution in [0.2, 0.25) is 0 Å². The Labute approximate surface area is 107 Å². The summed E-state index contributed by atoms with van der Waals surface area (Å²) in [6.07, 6.45) is 1.67. The van der Waals surface area contributed by atoms with Crippen LogP contribution in [-0.2, 0) is 13.6 Å². The van der Waals surface area contributed by atoms with Crippen LogP contribution in [0.3, 0.4) is 0 Å². The minimum absolute atomic E-state index is 0.542. The van der Waals surface area contributed by atoms with E-state index in [9.17, 15) is 0 Å². The molecule has 0 spiro atoms. The Kier molecular flexibility index (Phi) is 3.10. The largest absolute Gasteiger partial charge is 0.481 e. The van der Waals surface area contributed by atoms with Crippen molar-refractivity contribution < 1.29 is 4.74 Å². The first kappa shape index (κ1) is 12.0. The number of aromatic nitrogens is 4. The van der Waals surface area contributed by atoms with E-state index < -0.39 is 0 Å². The van der Waals surface area contributed by atoms with Gasteiger partial charge >= 0.3 is 0 Å². The fourth-order valence-corrected chi connectivity index (χ4v) is 2.06. The lowest BCUT2D eigenvalue weighted by Crippen LogP contribution is -2.07. The zero-order valence-corrected chi connectivity index (χ0v) is 11.5. The number of nitrogens with two attached hydrogens (primary N) is 1. The van der Waals surface area contributed by atoms with Gasteiger partial charge in [-0.15, -0.1) is 0 Å². The average molecular weight is 300 g/mol. The van der Waals surface area contributed by atoms with Gasteiger partial charge in [0.05, 0.1) is 35.6 Å². The quantitative estimate of drug-likeness (QED) is 0.928. The molecule has 0 saturated heterocycles. The third-order valence-electron chi connectivity index (χ3n) is 2.62. The molecule has 0 unspecified atom stereocenters. The molecule has 0 aliphatic carbocycles. The lowest BCUT2D eigenvalue weighted by atomic mass is 10.2. The van der Waals surface area contributed by atoms with Crippen LogP contribution in [-0.4, -0.2) is 26.7 Å². The number of ether oxygens (including phenoxy) is 1. The van der Waals surface area contributed by atoms with Crippen LogP contribution in [0, 0.1) is 6.92 Å². The highest BCUT2D eigenvalue weighted by Gasteiger charge is 2.16. The van der Waals surface area contributed by atoms with E-state index in [1.165, 1.54) is 0 Å². The molecule has 7 heteroatoms. The van der Waals surface area contributed by atoms with Gasteiger partial charge in [-0.25, -0.2) is 9.36 Å². The lowest BCUT2D eigenvalue weighted by Gasteiger charge is -2.06. The molecule has 2 N–H and O–H groups in total. The summed E-state index contributed by atoms with van der Waals surface area (Å²) in [6.45, 7) is 2.48. The van der Waals surface area contributed by atoms with Crippen LogP contribution in [0.15, 0.2) is 10.7 Å². The Morgan fingerprint density at radius 2 is 2.24 bits per heavy atom. The van der Waals surface area contributed by atoms with Gasteiger partial charge in [0.1, 0.15) is 5.82 Å². The number of anilines is 1. The van der Waals surface area contributed by atoms with Gasteiger partial charge in [0.25, 0.3) is 0 Å². The van der Waals surface area contributed by atoms with Gasteiger partial charge < -0.3 is 10.5 Å². The van der Waals surface area contributed by atoms with Crippen molar-refractivity contribution in [2.24, 2.45) is 7.05 Å². The second-order valence-electron chi connectivity index (χ2n) is 3.73. The maximum absolute atomic E-state index is 5.88. The maximum atomic E-state index is 5.88. The fourth-order valence-electron chi connectivity index (χ4n) is 1.77. The van der Waals surface area contributed by atoms with E-state index in [2.05, 4.69) is 26.1 Å². The van der Waals surface area contributed by atoms with E-state index in [0.717, 1.165) is 21.6 Å². The predicted molar refractivity (Wildman–Crippen MR) is 67.9 cm³/mol. The molecule has 2 heterocycles. The second-order valence-corrected chi connectivity index (χ2v) is 4.59. The lowest BCUT2D eigenvalue weighted by molar-refractivity contribution is 0.368. The maximum Gasteiger partial charge on any atom is 0.216 e. The number of hydrogen-bond donors (Lipinski definition) is 1. The first-order valence-corrected chi connectivity index (χ1v) is 5.87. The molecule has 0 fully saturated rings. The molecule has 0 radical (unpaired) electrons. The van der Waals surface area contributed by atoms with Crippen molar-refractivity contribution in [3.8, 4) is 5.88 Å². The Hall–Kier alpha value is -1.50. The van der Waals surface area contributed by atoms with Crippen molar-refractivity contribution in [2.75, 3.05) is 12.8 Å². The Morgan fingerprint density at radius 1 is 1.53 bits per heavy atom. The molecule has 0 aromatic carbocycles. The van der Waals surface area contributed by atoms with Crippen molar-refractivity contribution in [1.82, 2.24) is 19.6 Å². The average Bonchev–Trinajstić information content (AvgIpc) is 2.73. The zero-order chi connectivity index (χ0) is 12.6. The Balaban J connectivity index is 2.39. The highest BCUT2D eigenvalue weighted by atomic mass is 79.9. The minimum atomic E-state index is 0.542. The molecule has 0 atom stereocenters. The smallest absolute Gasteiger partial charge is 0.216 e. The summed E-state index contributed by atoms with van der Waals surface area (Å²) in [5.41, 5.74) is 7.78. The standard InChI is InChI=1S/C10H14BrN5O/c1-6-7(10(17-3)15(2)14-6)5-16-9(12)8(11)4-13-16/h4H,5,12H2,1-3H3. The van der Waals surface area contributed by atoms with Crippen LogP contribution in [0.5, 0.6) is 5.88 Å². The molecule has 0 saturated carbocycles. The number of nitrogens with zero attached hydrogens (tertiary/aromatic N) is 4. The number of nitrogen functional groups attached to an aromatic ring is 1. The highest BCUT2D eigenvalue weighted by Crippen LogP contribution is 2.25. The summed E-state index contributed by atoms with van der Waals surface area (Å²) < 4.78 is 9.53. The summed E-state index contributed by atoms with van der Waals surface area (Å²) in [4.78, 5) is 0. The number of aryl methyl sites for hydroxylation is 2. The molecule has 0 bridgehead atoms. The van der Waals surface area contributed by atoms with Gasteiger partial charge in [0.15, 0.2) is 0 Å². The first-order chi connectivity index (χ1) is 8.04. The fraction of sp³-hybridized carbons (Fsp3) is 0.400. The van der Waals surface area contributed by atoms with Gasteiger partial charge in [-0.05, 0) is 22.9 Å². The molecular formula is C10H14BrN5O. The van der Waals surface area contributed by atoms with E-state index in [0.29, 0.717) is 12.4 Å². The van der Waals surface area contributed by atoms with E-state index in [-0.39, 0.29) is 0 Å². The summed E-state index contributed by atoms with van der Waals surface area (Å²) in [6, 6.07) is 0. The topological polar surface area (TPSA) is 70.9 Å². The van der Waals surface area contributed by atoms with E-state index in [4.69, 9.17) is 10.5 Å². The molecule has 6 nitrogen and oxygen atoms in total. The third-order valence-corrected chi connectivity index (χ3v) is 3.23. The molecule has 2 aromatic rings. The van der Waals surface area contributed by atoms with Crippen molar-refractivity contribution in [3.05, 3.63) is 21.9 Å². The zero-order valence-electron chi connectivity index (χ0n) is 9.94. The summed E-state index contributed by atoms with van der Waals surface area (Å²) in [5.74, 6) is 1.32. The second kappa shape index (κ2) is 4.40.